The van der Waals surface area contributed by atoms with Gasteiger partial charge < -0.3 is 10.4 Å². The highest BCUT2D eigenvalue weighted by molar-refractivity contribution is 5.85. The number of aliphatic carboxylic acids is 1. The van der Waals surface area contributed by atoms with Crippen molar-refractivity contribution in [2.45, 2.75) is 45.6 Å². The minimum atomic E-state index is -0.828. The first-order valence-corrected chi connectivity index (χ1v) is 7.77. The third kappa shape index (κ3) is 3.32. The molecule has 0 spiro atoms. The molecule has 114 valence electrons. The Morgan fingerprint density at radius 3 is 2.65 bits per heavy atom. The van der Waals surface area contributed by atoms with E-state index in [-0.39, 0.29) is 11.8 Å². The normalized spacial score (nSPS) is 34.3. The van der Waals surface area contributed by atoms with Crippen molar-refractivity contribution in [1.29, 1.82) is 0 Å². The van der Waals surface area contributed by atoms with Gasteiger partial charge in [-0.15, -0.1) is 0 Å². The number of hydrogen-bond donors (Lipinski definition) is 2. The maximum atomic E-state index is 12.3. The van der Waals surface area contributed by atoms with Gasteiger partial charge in [0.15, 0.2) is 0 Å². The number of nitrogens with zero attached hydrogens (tertiary/aromatic N) is 1. The maximum Gasteiger partial charge on any atom is 0.307 e. The molecule has 5 heteroatoms. The minimum Gasteiger partial charge on any atom is -0.481 e. The van der Waals surface area contributed by atoms with Crippen molar-refractivity contribution in [3.05, 3.63) is 0 Å². The standard InChI is InChI=1S/C15H26N2O3/c1-3-17-6-4-5-11(17)9-16-14(18)12-7-10(2)8-13(12)15(19)20/h10-13H,3-9H2,1-2H3,(H,16,18)(H,19,20). The number of carbonyl (C=O) groups excluding carboxylic acids is 1. The van der Waals surface area contributed by atoms with Gasteiger partial charge in [-0.05, 0) is 44.7 Å². The van der Waals surface area contributed by atoms with Crippen LogP contribution in [0.4, 0.5) is 0 Å². The van der Waals surface area contributed by atoms with E-state index in [0.717, 1.165) is 19.5 Å². The molecular formula is C15H26N2O3. The monoisotopic (exact) mass is 282 g/mol. The zero-order chi connectivity index (χ0) is 14.7. The Balaban J connectivity index is 1.86. The van der Waals surface area contributed by atoms with E-state index in [1.165, 1.54) is 6.42 Å². The molecule has 2 fully saturated rings. The highest BCUT2D eigenvalue weighted by Gasteiger charge is 2.41. The number of carboxylic acids is 1. The predicted molar refractivity (Wildman–Crippen MR) is 76.3 cm³/mol. The van der Waals surface area contributed by atoms with Gasteiger partial charge >= 0.3 is 5.97 Å². The van der Waals surface area contributed by atoms with Crippen LogP contribution < -0.4 is 5.32 Å². The molecule has 1 amide bonds. The molecule has 20 heavy (non-hydrogen) atoms. The van der Waals surface area contributed by atoms with Crippen LogP contribution in [-0.4, -0.2) is 47.6 Å². The lowest BCUT2D eigenvalue weighted by Crippen LogP contribution is -2.43. The molecule has 5 nitrogen and oxygen atoms in total. The van der Waals surface area contributed by atoms with Gasteiger partial charge in [0.2, 0.25) is 5.91 Å². The Kier molecular flexibility index (Phi) is 5.02. The quantitative estimate of drug-likeness (QED) is 0.798. The fraction of sp³-hybridized carbons (Fsp3) is 0.867. The summed E-state index contributed by atoms with van der Waals surface area (Å²) in [5.41, 5.74) is 0. The highest BCUT2D eigenvalue weighted by Crippen LogP contribution is 2.36. The van der Waals surface area contributed by atoms with E-state index < -0.39 is 11.9 Å². The number of likely N-dealkylation sites (tertiary alicyclic amines) is 1. The van der Waals surface area contributed by atoms with Gasteiger partial charge in [0.1, 0.15) is 0 Å². The molecule has 1 saturated heterocycles. The van der Waals surface area contributed by atoms with Crippen molar-refractivity contribution in [3.63, 3.8) is 0 Å². The fourth-order valence-corrected chi connectivity index (χ4v) is 3.75. The number of likely N-dealkylation sites (N-methyl/N-ethyl adjacent to an activating group) is 1. The molecule has 2 aliphatic rings. The zero-order valence-corrected chi connectivity index (χ0v) is 12.5. The van der Waals surface area contributed by atoms with E-state index in [1.807, 2.05) is 6.92 Å². The van der Waals surface area contributed by atoms with Crippen molar-refractivity contribution in [2.24, 2.45) is 17.8 Å². The van der Waals surface area contributed by atoms with Gasteiger partial charge in [-0.3, -0.25) is 14.5 Å². The summed E-state index contributed by atoms with van der Waals surface area (Å²) in [6.45, 7) is 6.94. The lowest BCUT2D eigenvalue weighted by atomic mass is 9.95. The van der Waals surface area contributed by atoms with Crippen LogP contribution in [0.25, 0.3) is 0 Å². The molecule has 2 N–H and O–H groups in total. The molecule has 0 radical (unpaired) electrons. The van der Waals surface area contributed by atoms with Crippen molar-refractivity contribution >= 4 is 11.9 Å². The van der Waals surface area contributed by atoms with Crippen molar-refractivity contribution in [1.82, 2.24) is 10.2 Å². The van der Waals surface area contributed by atoms with Crippen LogP contribution in [0.5, 0.6) is 0 Å². The molecule has 0 aromatic heterocycles. The summed E-state index contributed by atoms with van der Waals surface area (Å²) in [5, 5.41) is 12.2. The van der Waals surface area contributed by atoms with Gasteiger partial charge in [-0.25, -0.2) is 0 Å². The van der Waals surface area contributed by atoms with Gasteiger partial charge in [0, 0.05) is 12.6 Å². The summed E-state index contributed by atoms with van der Waals surface area (Å²) in [4.78, 5) is 25.9. The molecule has 0 aromatic carbocycles. The summed E-state index contributed by atoms with van der Waals surface area (Å²) in [6.07, 6.45) is 3.63. The predicted octanol–water partition coefficient (Wildman–Crippen LogP) is 1.33. The number of hydrogen-bond acceptors (Lipinski definition) is 3. The summed E-state index contributed by atoms with van der Waals surface area (Å²) in [7, 11) is 0. The second kappa shape index (κ2) is 6.57. The second-order valence-electron chi connectivity index (χ2n) is 6.30. The van der Waals surface area contributed by atoms with Crippen LogP contribution >= 0.6 is 0 Å². The molecule has 1 heterocycles. The second-order valence-corrected chi connectivity index (χ2v) is 6.30. The first kappa shape index (κ1) is 15.3. The molecule has 4 unspecified atom stereocenters. The number of rotatable bonds is 5. The van der Waals surface area contributed by atoms with Crippen LogP contribution in [-0.2, 0) is 9.59 Å². The number of amides is 1. The first-order chi connectivity index (χ1) is 9.52. The molecule has 1 aliphatic carbocycles. The van der Waals surface area contributed by atoms with E-state index in [4.69, 9.17) is 0 Å². The average Bonchev–Trinajstić information content (AvgIpc) is 3.01. The molecule has 2 rings (SSSR count). The lowest BCUT2D eigenvalue weighted by Gasteiger charge is -2.24. The SMILES string of the molecule is CCN1CCCC1CNC(=O)C1CC(C)CC1C(=O)O. The van der Waals surface area contributed by atoms with Gasteiger partial charge in [-0.1, -0.05) is 13.8 Å². The Bertz CT molecular complexity index is 372. The van der Waals surface area contributed by atoms with E-state index in [0.29, 0.717) is 31.3 Å². The van der Waals surface area contributed by atoms with Crippen LogP contribution in [0.15, 0.2) is 0 Å². The molecule has 4 atom stereocenters. The van der Waals surface area contributed by atoms with Gasteiger partial charge in [-0.2, -0.15) is 0 Å². The van der Waals surface area contributed by atoms with Crippen LogP contribution in [0.2, 0.25) is 0 Å². The third-order valence-corrected chi connectivity index (χ3v) is 4.87. The van der Waals surface area contributed by atoms with E-state index >= 15 is 0 Å². The number of nitrogens with one attached hydrogen (secondary N) is 1. The van der Waals surface area contributed by atoms with Crippen molar-refractivity contribution in [2.75, 3.05) is 19.6 Å². The molecule has 1 saturated carbocycles. The largest absolute Gasteiger partial charge is 0.481 e. The Morgan fingerprint density at radius 1 is 1.30 bits per heavy atom. The summed E-state index contributed by atoms with van der Waals surface area (Å²) in [6, 6.07) is 0.422. The van der Waals surface area contributed by atoms with Gasteiger partial charge in [0.05, 0.1) is 11.8 Å². The van der Waals surface area contributed by atoms with E-state index in [1.54, 1.807) is 0 Å². The smallest absolute Gasteiger partial charge is 0.307 e. The van der Waals surface area contributed by atoms with Crippen molar-refractivity contribution < 1.29 is 14.7 Å². The number of carboxylic acid groups (broad SMARTS) is 1. The third-order valence-electron chi connectivity index (χ3n) is 4.87. The van der Waals surface area contributed by atoms with Gasteiger partial charge in [0.25, 0.3) is 0 Å². The first-order valence-electron chi connectivity index (χ1n) is 7.77. The Hall–Kier alpha value is -1.10. The maximum absolute atomic E-state index is 12.3. The molecule has 0 aromatic rings. The lowest BCUT2D eigenvalue weighted by molar-refractivity contribution is -0.146. The summed E-state index contributed by atoms with van der Waals surface area (Å²) >= 11 is 0. The summed E-state index contributed by atoms with van der Waals surface area (Å²) in [5.74, 6) is -1.42. The van der Waals surface area contributed by atoms with E-state index in [2.05, 4.69) is 17.1 Å². The number of carbonyl (C=O) groups is 2. The highest BCUT2D eigenvalue weighted by atomic mass is 16.4. The summed E-state index contributed by atoms with van der Waals surface area (Å²) < 4.78 is 0. The van der Waals surface area contributed by atoms with E-state index in [9.17, 15) is 14.7 Å². The topological polar surface area (TPSA) is 69.6 Å². The fourth-order valence-electron chi connectivity index (χ4n) is 3.75. The molecule has 1 aliphatic heterocycles. The van der Waals surface area contributed by atoms with Crippen molar-refractivity contribution in [3.8, 4) is 0 Å². The van der Waals surface area contributed by atoms with Crippen LogP contribution in [0.1, 0.15) is 39.5 Å². The van der Waals surface area contributed by atoms with Crippen LogP contribution in [0.3, 0.4) is 0 Å². The molecular weight excluding hydrogens is 256 g/mol. The molecule has 0 bridgehead atoms. The Labute approximate surface area is 120 Å². The minimum absolute atomic E-state index is 0.0651. The Morgan fingerprint density at radius 2 is 2.00 bits per heavy atom. The van der Waals surface area contributed by atoms with Crippen LogP contribution in [0, 0.1) is 17.8 Å². The zero-order valence-electron chi connectivity index (χ0n) is 12.5. The average molecular weight is 282 g/mol.